The van der Waals surface area contributed by atoms with Crippen molar-refractivity contribution in [2.45, 2.75) is 135 Å². The van der Waals surface area contributed by atoms with Gasteiger partial charge in [-0.25, -0.2) is 0 Å². The zero-order valence-corrected chi connectivity index (χ0v) is 20.7. The van der Waals surface area contributed by atoms with Crippen molar-refractivity contribution >= 4 is 11.9 Å². The summed E-state index contributed by atoms with van der Waals surface area (Å²) in [6.45, 7) is 3.40. The quantitative estimate of drug-likeness (QED) is 0.140. The SMILES string of the molecule is CCCCCCCCCCC(C(=O)O)N(CCO)CCCCCCCCCCCC(=O)O. The Balaban J connectivity index is 3.93. The summed E-state index contributed by atoms with van der Waals surface area (Å²) >= 11 is 0. The van der Waals surface area contributed by atoms with Gasteiger partial charge >= 0.3 is 11.9 Å². The highest BCUT2D eigenvalue weighted by atomic mass is 16.4. The first-order chi connectivity index (χ1) is 15.5. The lowest BCUT2D eigenvalue weighted by atomic mass is 10.0. The fraction of sp³-hybridized carbons (Fsp3) is 0.923. The van der Waals surface area contributed by atoms with E-state index in [0.29, 0.717) is 13.0 Å². The number of rotatable bonds is 25. The monoisotopic (exact) mass is 457 g/mol. The van der Waals surface area contributed by atoms with E-state index in [9.17, 15) is 19.8 Å². The standard InChI is InChI=1S/C26H51NO5/c1-2-3-4-5-6-10-13-16-19-24(26(31)32)27(22-23-28)21-18-15-12-9-7-8-11-14-17-20-25(29)30/h24,28H,2-23H2,1H3,(H,29,30)(H,31,32). The van der Waals surface area contributed by atoms with E-state index in [-0.39, 0.29) is 13.0 Å². The number of aliphatic hydroxyl groups is 1. The third-order valence-electron chi connectivity index (χ3n) is 6.28. The molecule has 1 atom stereocenters. The molecule has 0 amide bonds. The van der Waals surface area contributed by atoms with Crippen molar-refractivity contribution in [3.8, 4) is 0 Å². The van der Waals surface area contributed by atoms with Crippen molar-refractivity contribution in [3.63, 3.8) is 0 Å². The minimum atomic E-state index is -0.760. The number of carboxylic acids is 2. The Hall–Kier alpha value is -1.14. The van der Waals surface area contributed by atoms with Crippen LogP contribution in [0.15, 0.2) is 0 Å². The lowest BCUT2D eigenvalue weighted by molar-refractivity contribution is -0.144. The van der Waals surface area contributed by atoms with E-state index < -0.39 is 18.0 Å². The van der Waals surface area contributed by atoms with Crippen molar-refractivity contribution in [2.75, 3.05) is 19.7 Å². The highest BCUT2D eigenvalue weighted by molar-refractivity contribution is 5.73. The van der Waals surface area contributed by atoms with E-state index in [4.69, 9.17) is 5.11 Å². The average molecular weight is 458 g/mol. The van der Waals surface area contributed by atoms with Gasteiger partial charge in [-0.3, -0.25) is 14.5 Å². The molecule has 1 unspecified atom stereocenters. The van der Waals surface area contributed by atoms with Crippen LogP contribution >= 0.6 is 0 Å². The molecule has 0 aliphatic rings. The molecule has 0 aromatic carbocycles. The summed E-state index contributed by atoms with van der Waals surface area (Å²) in [5, 5.41) is 27.7. The third-order valence-corrected chi connectivity index (χ3v) is 6.28. The van der Waals surface area contributed by atoms with Gasteiger partial charge in [-0.2, -0.15) is 0 Å². The number of nitrogens with zero attached hydrogens (tertiary/aromatic N) is 1. The van der Waals surface area contributed by atoms with E-state index in [1.54, 1.807) is 0 Å². The van der Waals surface area contributed by atoms with Crippen LogP contribution in [0, 0.1) is 0 Å². The van der Waals surface area contributed by atoms with Crippen LogP contribution in [0.5, 0.6) is 0 Å². The first-order valence-electron chi connectivity index (χ1n) is 13.3. The van der Waals surface area contributed by atoms with Crippen LogP contribution in [0.1, 0.15) is 129 Å². The van der Waals surface area contributed by atoms with Crippen molar-refractivity contribution in [2.24, 2.45) is 0 Å². The predicted molar refractivity (Wildman–Crippen MR) is 131 cm³/mol. The molecule has 0 fully saturated rings. The summed E-state index contributed by atoms with van der Waals surface area (Å²) in [4.78, 5) is 24.3. The van der Waals surface area contributed by atoms with Crippen molar-refractivity contribution < 1.29 is 24.9 Å². The molecule has 0 saturated carbocycles. The van der Waals surface area contributed by atoms with Gasteiger partial charge in [-0.15, -0.1) is 0 Å². The molecule has 3 N–H and O–H groups in total. The predicted octanol–water partition coefficient (Wildman–Crippen LogP) is 6.25. The largest absolute Gasteiger partial charge is 0.481 e. The van der Waals surface area contributed by atoms with E-state index in [2.05, 4.69) is 6.92 Å². The molecule has 0 aromatic heterocycles. The van der Waals surface area contributed by atoms with Crippen LogP contribution in [-0.4, -0.2) is 57.9 Å². The number of hydrogen-bond acceptors (Lipinski definition) is 4. The zero-order chi connectivity index (χ0) is 23.9. The molecule has 6 heteroatoms. The third kappa shape index (κ3) is 19.5. The van der Waals surface area contributed by atoms with Gasteiger partial charge in [0.1, 0.15) is 6.04 Å². The van der Waals surface area contributed by atoms with Gasteiger partial charge in [0.2, 0.25) is 0 Å². The molecule has 0 saturated heterocycles. The summed E-state index contributed by atoms with van der Waals surface area (Å²) in [5.74, 6) is -1.47. The Morgan fingerprint density at radius 2 is 1.12 bits per heavy atom. The summed E-state index contributed by atoms with van der Waals surface area (Å²) in [5.41, 5.74) is 0. The number of carboxylic acid groups (broad SMARTS) is 2. The molecule has 190 valence electrons. The fourth-order valence-electron chi connectivity index (χ4n) is 4.31. The summed E-state index contributed by atoms with van der Waals surface area (Å²) in [6.07, 6.45) is 20.2. The first kappa shape index (κ1) is 30.9. The molecule has 0 heterocycles. The van der Waals surface area contributed by atoms with Gasteiger partial charge in [0.05, 0.1) is 6.61 Å². The van der Waals surface area contributed by atoms with Crippen LogP contribution in [0.3, 0.4) is 0 Å². The lowest BCUT2D eigenvalue weighted by Gasteiger charge is -2.28. The average Bonchev–Trinajstić information content (AvgIpc) is 2.75. The number of aliphatic carboxylic acids is 2. The van der Waals surface area contributed by atoms with Crippen LogP contribution in [0.4, 0.5) is 0 Å². The minimum absolute atomic E-state index is 0.00306. The lowest BCUT2D eigenvalue weighted by Crippen LogP contribution is -2.43. The molecule has 0 rings (SSSR count). The molecule has 0 aliphatic carbocycles. The normalized spacial score (nSPS) is 12.3. The molecule has 32 heavy (non-hydrogen) atoms. The van der Waals surface area contributed by atoms with Crippen LogP contribution in [0.2, 0.25) is 0 Å². The second kappa shape index (κ2) is 23.0. The van der Waals surface area contributed by atoms with Gasteiger partial charge in [0.15, 0.2) is 0 Å². The van der Waals surface area contributed by atoms with Crippen LogP contribution in [0.25, 0.3) is 0 Å². The molecular formula is C26H51NO5. The molecule has 0 aliphatic heterocycles. The Morgan fingerprint density at radius 1 is 0.656 bits per heavy atom. The summed E-state index contributed by atoms with van der Waals surface area (Å²) in [7, 11) is 0. The summed E-state index contributed by atoms with van der Waals surface area (Å²) in [6, 6.07) is -0.479. The highest BCUT2D eigenvalue weighted by Crippen LogP contribution is 2.16. The maximum Gasteiger partial charge on any atom is 0.320 e. The summed E-state index contributed by atoms with van der Waals surface area (Å²) < 4.78 is 0. The van der Waals surface area contributed by atoms with Gasteiger partial charge < -0.3 is 15.3 Å². The smallest absolute Gasteiger partial charge is 0.320 e. The Labute approximate surface area is 196 Å². The fourth-order valence-corrected chi connectivity index (χ4v) is 4.31. The Bertz CT molecular complexity index is 444. The van der Waals surface area contributed by atoms with E-state index in [1.807, 2.05) is 4.90 Å². The first-order valence-corrected chi connectivity index (χ1v) is 13.3. The maximum atomic E-state index is 11.8. The van der Waals surface area contributed by atoms with Gasteiger partial charge in [-0.1, -0.05) is 103 Å². The van der Waals surface area contributed by atoms with Crippen molar-refractivity contribution in [1.29, 1.82) is 0 Å². The molecular weight excluding hydrogens is 406 g/mol. The number of aliphatic hydroxyl groups excluding tert-OH is 1. The second-order valence-electron chi connectivity index (χ2n) is 9.20. The van der Waals surface area contributed by atoms with Gasteiger partial charge in [0.25, 0.3) is 0 Å². The Kier molecular flexibility index (Phi) is 22.2. The minimum Gasteiger partial charge on any atom is -0.481 e. The molecule has 0 radical (unpaired) electrons. The zero-order valence-electron chi connectivity index (χ0n) is 20.7. The number of unbranched alkanes of at least 4 members (excludes halogenated alkanes) is 15. The van der Waals surface area contributed by atoms with Crippen molar-refractivity contribution in [1.82, 2.24) is 4.90 Å². The van der Waals surface area contributed by atoms with Crippen LogP contribution in [-0.2, 0) is 9.59 Å². The van der Waals surface area contributed by atoms with E-state index in [1.165, 1.54) is 51.4 Å². The van der Waals surface area contributed by atoms with Crippen molar-refractivity contribution in [3.05, 3.63) is 0 Å². The molecule has 0 spiro atoms. The molecule has 0 bridgehead atoms. The maximum absolute atomic E-state index is 11.8. The van der Waals surface area contributed by atoms with Gasteiger partial charge in [-0.05, 0) is 25.8 Å². The second-order valence-corrected chi connectivity index (χ2v) is 9.20. The van der Waals surface area contributed by atoms with E-state index in [0.717, 1.165) is 64.3 Å². The van der Waals surface area contributed by atoms with Crippen LogP contribution < -0.4 is 0 Å². The molecule has 6 nitrogen and oxygen atoms in total. The highest BCUT2D eigenvalue weighted by Gasteiger charge is 2.24. The number of carbonyl (C=O) groups is 2. The molecule has 0 aromatic rings. The topological polar surface area (TPSA) is 98.1 Å². The Morgan fingerprint density at radius 3 is 1.59 bits per heavy atom. The van der Waals surface area contributed by atoms with Gasteiger partial charge in [0, 0.05) is 13.0 Å². The van der Waals surface area contributed by atoms with E-state index >= 15 is 0 Å². The number of hydrogen-bond donors (Lipinski definition) is 3.